The number of carboxylic acid groups (broad SMARTS) is 1. The molecule has 0 aliphatic heterocycles. The molecule has 1 rings (SSSR count). The number of unbranched alkanes of at least 4 members (excludes halogenated alkanes) is 14. The second-order valence-electron chi connectivity index (χ2n) is 7.79. The molecule has 0 amide bonds. The topological polar surface area (TPSA) is 37.3 Å². The Bertz CT molecular complexity index is 294. The van der Waals surface area contributed by atoms with Crippen molar-refractivity contribution >= 4 is 5.97 Å². The minimum atomic E-state index is -0.553. The predicted octanol–water partition coefficient (Wildman–Crippen LogP) is 7.11. The number of carboxylic acids is 1. The van der Waals surface area contributed by atoms with E-state index in [9.17, 15) is 4.79 Å². The van der Waals surface area contributed by atoms with Crippen LogP contribution < -0.4 is 0 Å². The van der Waals surface area contributed by atoms with Crippen LogP contribution in [0.15, 0.2) is 0 Å². The van der Waals surface area contributed by atoms with Crippen LogP contribution in [0.2, 0.25) is 0 Å². The van der Waals surface area contributed by atoms with E-state index in [4.69, 9.17) is 5.11 Å². The summed E-state index contributed by atoms with van der Waals surface area (Å²) in [4.78, 5) is 11.1. The van der Waals surface area contributed by atoms with E-state index in [1.54, 1.807) is 0 Å². The number of hydrogen-bond donors (Lipinski definition) is 1. The van der Waals surface area contributed by atoms with Crippen molar-refractivity contribution in [1.82, 2.24) is 0 Å². The van der Waals surface area contributed by atoms with Crippen molar-refractivity contribution in [3.63, 3.8) is 0 Å². The van der Waals surface area contributed by atoms with Crippen LogP contribution in [0.25, 0.3) is 0 Å². The van der Waals surface area contributed by atoms with Gasteiger partial charge >= 0.3 is 5.97 Å². The largest absolute Gasteiger partial charge is 0.481 e. The Balaban J connectivity index is 1.71. The summed E-state index contributed by atoms with van der Waals surface area (Å²) in [6, 6.07) is 0. The summed E-state index contributed by atoms with van der Waals surface area (Å²) >= 11 is 0. The fourth-order valence-electron chi connectivity index (χ4n) is 3.56. The molecule has 0 atom stereocenters. The van der Waals surface area contributed by atoms with Gasteiger partial charge in [0.2, 0.25) is 0 Å². The Morgan fingerprint density at radius 3 is 1.35 bits per heavy atom. The second-order valence-corrected chi connectivity index (χ2v) is 7.79. The van der Waals surface area contributed by atoms with Crippen LogP contribution in [0.5, 0.6) is 0 Å². The molecule has 1 fully saturated rings. The van der Waals surface area contributed by atoms with Crippen LogP contribution in [0.3, 0.4) is 0 Å². The summed E-state index contributed by atoms with van der Waals surface area (Å²) in [6.45, 7) is 2.28. The molecule has 136 valence electrons. The van der Waals surface area contributed by atoms with Gasteiger partial charge in [-0.05, 0) is 19.3 Å². The molecule has 2 heteroatoms. The number of rotatable bonds is 17. The monoisotopic (exact) mass is 324 g/mol. The third kappa shape index (κ3) is 10.0. The average Bonchev–Trinajstić information content (AvgIpc) is 3.32. The molecule has 0 bridgehead atoms. The van der Waals surface area contributed by atoms with Crippen LogP contribution in [0, 0.1) is 5.41 Å². The Kier molecular flexibility index (Phi) is 11.5. The van der Waals surface area contributed by atoms with Gasteiger partial charge in [-0.3, -0.25) is 4.79 Å². The van der Waals surface area contributed by atoms with Crippen molar-refractivity contribution in [2.75, 3.05) is 0 Å². The first kappa shape index (κ1) is 20.5. The van der Waals surface area contributed by atoms with Gasteiger partial charge < -0.3 is 5.11 Å². The van der Waals surface area contributed by atoms with Crippen LogP contribution in [0.4, 0.5) is 0 Å². The third-order valence-corrected chi connectivity index (χ3v) is 5.57. The predicted molar refractivity (Wildman–Crippen MR) is 98.8 cm³/mol. The van der Waals surface area contributed by atoms with Crippen molar-refractivity contribution in [2.24, 2.45) is 5.41 Å². The maximum Gasteiger partial charge on any atom is 0.309 e. The zero-order chi connectivity index (χ0) is 16.8. The van der Waals surface area contributed by atoms with Crippen LogP contribution >= 0.6 is 0 Å². The molecule has 0 spiro atoms. The fraction of sp³-hybridized carbons (Fsp3) is 0.952. The minimum absolute atomic E-state index is 0.295. The van der Waals surface area contributed by atoms with Crippen LogP contribution in [-0.4, -0.2) is 11.1 Å². The average molecular weight is 325 g/mol. The normalized spacial score (nSPS) is 15.7. The van der Waals surface area contributed by atoms with Crippen LogP contribution in [-0.2, 0) is 4.79 Å². The van der Waals surface area contributed by atoms with Gasteiger partial charge in [0.05, 0.1) is 5.41 Å². The van der Waals surface area contributed by atoms with Gasteiger partial charge in [0.1, 0.15) is 0 Å². The summed E-state index contributed by atoms with van der Waals surface area (Å²) in [5, 5.41) is 9.12. The Hall–Kier alpha value is -0.530. The van der Waals surface area contributed by atoms with E-state index in [0.29, 0.717) is 0 Å². The van der Waals surface area contributed by atoms with E-state index in [0.717, 1.165) is 25.7 Å². The van der Waals surface area contributed by atoms with Crippen molar-refractivity contribution in [3.8, 4) is 0 Å². The standard InChI is InChI=1S/C21H40O2/c1-2-3-4-5-6-7-8-9-10-11-12-13-14-15-16-17-21(18-19-21)20(22)23/h2-19H2,1H3,(H,22,23). The summed E-state index contributed by atoms with van der Waals surface area (Å²) in [5.74, 6) is -0.553. The van der Waals surface area contributed by atoms with Crippen molar-refractivity contribution in [3.05, 3.63) is 0 Å². The molecule has 0 aromatic heterocycles. The molecule has 1 aliphatic carbocycles. The van der Waals surface area contributed by atoms with E-state index in [2.05, 4.69) is 6.92 Å². The van der Waals surface area contributed by atoms with Gasteiger partial charge in [0.15, 0.2) is 0 Å². The lowest BCUT2D eigenvalue weighted by atomic mass is 9.97. The zero-order valence-corrected chi connectivity index (χ0v) is 15.6. The Morgan fingerprint density at radius 1 is 0.696 bits per heavy atom. The molecule has 1 N–H and O–H groups in total. The maximum absolute atomic E-state index is 11.1. The molecule has 2 nitrogen and oxygen atoms in total. The smallest absolute Gasteiger partial charge is 0.309 e. The van der Waals surface area contributed by atoms with Gasteiger partial charge in [-0.2, -0.15) is 0 Å². The summed E-state index contributed by atoms with van der Waals surface area (Å²) in [6.07, 6.45) is 23.3. The van der Waals surface area contributed by atoms with Gasteiger partial charge in [0.25, 0.3) is 0 Å². The first-order valence-corrected chi connectivity index (χ1v) is 10.4. The van der Waals surface area contributed by atoms with E-state index in [-0.39, 0.29) is 5.41 Å². The zero-order valence-electron chi connectivity index (χ0n) is 15.6. The SMILES string of the molecule is CCCCCCCCCCCCCCCCCC1(C(=O)O)CC1. The third-order valence-electron chi connectivity index (χ3n) is 5.57. The minimum Gasteiger partial charge on any atom is -0.481 e. The number of carbonyl (C=O) groups is 1. The van der Waals surface area contributed by atoms with E-state index < -0.39 is 5.97 Å². The van der Waals surface area contributed by atoms with Crippen molar-refractivity contribution < 1.29 is 9.90 Å². The molecule has 0 aromatic rings. The summed E-state index contributed by atoms with van der Waals surface area (Å²) in [5.41, 5.74) is -0.295. The van der Waals surface area contributed by atoms with Gasteiger partial charge in [0, 0.05) is 0 Å². The molecular weight excluding hydrogens is 284 g/mol. The highest BCUT2D eigenvalue weighted by Crippen LogP contribution is 2.50. The molecule has 1 aliphatic rings. The highest BCUT2D eigenvalue weighted by molar-refractivity contribution is 5.77. The van der Waals surface area contributed by atoms with Crippen LogP contribution in [0.1, 0.15) is 122 Å². The van der Waals surface area contributed by atoms with Gasteiger partial charge in [-0.1, -0.05) is 103 Å². The molecule has 0 radical (unpaired) electrons. The Morgan fingerprint density at radius 2 is 1.04 bits per heavy atom. The summed E-state index contributed by atoms with van der Waals surface area (Å²) in [7, 11) is 0. The van der Waals surface area contributed by atoms with E-state index >= 15 is 0 Å². The molecular formula is C21H40O2. The van der Waals surface area contributed by atoms with Gasteiger partial charge in [-0.15, -0.1) is 0 Å². The Labute approximate surface area is 144 Å². The molecule has 0 heterocycles. The molecule has 0 aromatic carbocycles. The quantitative estimate of drug-likeness (QED) is 0.289. The maximum atomic E-state index is 11.1. The van der Waals surface area contributed by atoms with Crippen molar-refractivity contribution in [2.45, 2.75) is 122 Å². The van der Waals surface area contributed by atoms with E-state index in [1.807, 2.05) is 0 Å². The highest BCUT2D eigenvalue weighted by atomic mass is 16.4. The lowest BCUT2D eigenvalue weighted by Gasteiger charge is -2.08. The number of aliphatic carboxylic acids is 1. The first-order valence-electron chi connectivity index (χ1n) is 10.4. The highest BCUT2D eigenvalue weighted by Gasteiger charge is 2.49. The van der Waals surface area contributed by atoms with E-state index in [1.165, 1.54) is 89.9 Å². The summed E-state index contributed by atoms with van der Waals surface area (Å²) < 4.78 is 0. The lowest BCUT2D eigenvalue weighted by molar-refractivity contribution is -0.143. The van der Waals surface area contributed by atoms with Gasteiger partial charge in [-0.25, -0.2) is 0 Å². The lowest BCUT2D eigenvalue weighted by Crippen LogP contribution is -2.14. The first-order chi connectivity index (χ1) is 11.2. The molecule has 23 heavy (non-hydrogen) atoms. The molecule has 1 saturated carbocycles. The fourth-order valence-corrected chi connectivity index (χ4v) is 3.56. The molecule has 0 saturated heterocycles. The number of hydrogen-bond acceptors (Lipinski definition) is 1. The second kappa shape index (κ2) is 12.8. The van der Waals surface area contributed by atoms with Crippen molar-refractivity contribution in [1.29, 1.82) is 0 Å². The molecule has 0 unspecified atom stereocenters.